The zero-order valence-corrected chi connectivity index (χ0v) is 11.6. The van der Waals surface area contributed by atoms with E-state index in [-0.39, 0.29) is 6.04 Å². The molecule has 1 unspecified atom stereocenters. The molecule has 0 bridgehead atoms. The van der Waals surface area contributed by atoms with Crippen molar-refractivity contribution in [2.75, 3.05) is 0 Å². The van der Waals surface area contributed by atoms with Crippen LogP contribution in [0, 0.1) is 0 Å². The predicted octanol–water partition coefficient (Wildman–Crippen LogP) is 1.80. The third-order valence-corrected chi connectivity index (χ3v) is 3.77. The number of aromatic nitrogens is 4. The Morgan fingerprint density at radius 3 is 2.76 bits per heavy atom. The first-order valence-corrected chi connectivity index (χ1v) is 6.82. The number of fused-ring (bicyclic) bond motifs is 1. The van der Waals surface area contributed by atoms with Crippen molar-refractivity contribution < 1.29 is 0 Å². The molecule has 6 heteroatoms. The normalized spacial score (nSPS) is 17.8. The number of nitrogens with one attached hydrogen (secondary N) is 1. The van der Waals surface area contributed by atoms with E-state index in [4.69, 9.17) is 0 Å². The fourth-order valence-corrected chi connectivity index (χ4v) is 2.65. The standard InChI is InChI=1S/C15H14N6/c1-21-15(4-5-18-21)14-9-12(19-20-14)10-2-3-11-13(8-10)17-7-6-16-11/h2-8,12,19H,9H2,1H3. The molecule has 21 heavy (non-hydrogen) atoms. The molecule has 6 nitrogen and oxygen atoms in total. The number of nitrogens with zero attached hydrogens (tertiary/aromatic N) is 5. The summed E-state index contributed by atoms with van der Waals surface area (Å²) in [5.74, 6) is 0. The Morgan fingerprint density at radius 1 is 1.10 bits per heavy atom. The Hall–Kier alpha value is -2.76. The Kier molecular flexibility index (Phi) is 2.67. The molecular formula is C15H14N6. The molecular weight excluding hydrogens is 264 g/mol. The summed E-state index contributed by atoms with van der Waals surface area (Å²) in [5.41, 5.74) is 8.26. The molecule has 0 radical (unpaired) electrons. The van der Waals surface area contributed by atoms with Gasteiger partial charge in [0.2, 0.25) is 0 Å². The molecule has 1 aliphatic rings. The van der Waals surface area contributed by atoms with E-state index >= 15 is 0 Å². The van der Waals surface area contributed by atoms with Gasteiger partial charge >= 0.3 is 0 Å². The Balaban J connectivity index is 1.62. The molecule has 2 aromatic heterocycles. The van der Waals surface area contributed by atoms with Crippen molar-refractivity contribution in [3.63, 3.8) is 0 Å². The summed E-state index contributed by atoms with van der Waals surface area (Å²) in [6.07, 6.45) is 6.05. The molecule has 0 spiro atoms. The molecule has 1 atom stereocenters. The van der Waals surface area contributed by atoms with Gasteiger partial charge < -0.3 is 5.43 Å². The van der Waals surface area contributed by atoms with Gasteiger partial charge in [0, 0.05) is 32.1 Å². The van der Waals surface area contributed by atoms with Crippen LogP contribution in [0.3, 0.4) is 0 Å². The van der Waals surface area contributed by atoms with E-state index < -0.39 is 0 Å². The first-order valence-electron chi connectivity index (χ1n) is 6.82. The fourth-order valence-electron chi connectivity index (χ4n) is 2.65. The lowest BCUT2D eigenvalue weighted by Crippen LogP contribution is -2.10. The van der Waals surface area contributed by atoms with Gasteiger partial charge in [0.05, 0.1) is 28.5 Å². The third-order valence-electron chi connectivity index (χ3n) is 3.77. The van der Waals surface area contributed by atoms with Gasteiger partial charge in [-0.1, -0.05) is 6.07 Å². The molecule has 4 rings (SSSR count). The van der Waals surface area contributed by atoms with E-state index in [0.717, 1.165) is 28.9 Å². The van der Waals surface area contributed by atoms with Crippen LogP contribution in [-0.4, -0.2) is 25.5 Å². The number of hydrogen-bond acceptors (Lipinski definition) is 5. The van der Waals surface area contributed by atoms with Crippen LogP contribution in [0.5, 0.6) is 0 Å². The number of aryl methyl sites for hydroxylation is 1. The van der Waals surface area contributed by atoms with Gasteiger partial charge in [-0.25, -0.2) is 0 Å². The SMILES string of the molecule is Cn1nccc1C1=NNC(c2ccc3nccnc3c2)C1. The van der Waals surface area contributed by atoms with E-state index in [0.29, 0.717) is 0 Å². The van der Waals surface area contributed by atoms with E-state index in [9.17, 15) is 0 Å². The average Bonchev–Trinajstić information content (AvgIpc) is 3.15. The summed E-state index contributed by atoms with van der Waals surface area (Å²) in [5, 5.41) is 8.64. The number of hydrogen-bond donors (Lipinski definition) is 1. The van der Waals surface area contributed by atoms with Gasteiger partial charge in [0.15, 0.2) is 0 Å². The highest BCUT2D eigenvalue weighted by molar-refractivity contribution is 6.00. The maximum absolute atomic E-state index is 4.45. The molecule has 0 saturated heterocycles. The van der Waals surface area contributed by atoms with Crippen LogP contribution in [0.1, 0.15) is 23.7 Å². The zero-order valence-electron chi connectivity index (χ0n) is 11.6. The maximum atomic E-state index is 4.45. The third kappa shape index (κ3) is 2.05. The van der Waals surface area contributed by atoms with Crippen molar-refractivity contribution >= 4 is 16.7 Å². The molecule has 1 N–H and O–H groups in total. The number of hydrazone groups is 1. The first-order chi connectivity index (χ1) is 10.3. The summed E-state index contributed by atoms with van der Waals surface area (Å²) in [6, 6.07) is 8.30. The lowest BCUT2D eigenvalue weighted by molar-refractivity contribution is 0.620. The van der Waals surface area contributed by atoms with E-state index in [1.807, 2.05) is 23.9 Å². The summed E-state index contributed by atoms with van der Waals surface area (Å²) in [7, 11) is 1.93. The topological polar surface area (TPSA) is 68.0 Å². The Labute approximate surface area is 121 Å². The minimum atomic E-state index is 0.168. The molecule has 1 aromatic carbocycles. The fraction of sp³-hybridized carbons (Fsp3) is 0.200. The molecule has 1 aliphatic heterocycles. The first kappa shape index (κ1) is 12.0. The van der Waals surface area contributed by atoms with Crippen molar-refractivity contribution in [2.45, 2.75) is 12.5 Å². The van der Waals surface area contributed by atoms with E-state index in [1.54, 1.807) is 18.6 Å². The highest BCUT2D eigenvalue weighted by Gasteiger charge is 2.23. The largest absolute Gasteiger partial charge is 0.302 e. The van der Waals surface area contributed by atoms with Crippen LogP contribution in [0.25, 0.3) is 11.0 Å². The number of benzene rings is 1. The van der Waals surface area contributed by atoms with Crippen LogP contribution >= 0.6 is 0 Å². The van der Waals surface area contributed by atoms with Crippen LogP contribution in [0.4, 0.5) is 0 Å². The minimum absolute atomic E-state index is 0.168. The highest BCUT2D eigenvalue weighted by Crippen LogP contribution is 2.25. The van der Waals surface area contributed by atoms with Gasteiger partial charge in [-0.15, -0.1) is 0 Å². The second-order valence-electron chi connectivity index (χ2n) is 5.09. The van der Waals surface area contributed by atoms with Gasteiger partial charge in [0.1, 0.15) is 0 Å². The van der Waals surface area contributed by atoms with Crippen LogP contribution in [-0.2, 0) is 7.05 Å². The monoisotopic (exact) mass is 278 g/mol. The lowest BCUT2D eigenvalue weighted by Gasteiger charge is -2.10. The second-order valence-corrected chi connectivity index (χ2v) is 5.09. The smallest absolute Gasteiger partial charge is 0.0890 e. The van der Waals surface area contributed by atoms with E-state index in [2.05, 4.69) is 37.7 Å². The average molecular weight is 278 g/mol. The van der Waals surface area contributed by atoms with Crippen molar-refractivity contribution in [1.29, 1.82) is 0 Å². The molecule has 3 aromatic rings. The van der Waals surface area contributed by atoms with Crippen LogP contribution in [0.2, 0.25) is 0 Å². The molecule has 0 aliphatic carbocycles. The highest BCUT2D eigenvalue weighted by atomic mass is 15.3. The van der Waals surface area contributed by atoms with Gasteiger partial charge in [-0.2, -0.15) is 10.2 Å². The summed E-state index contributed by atoms with van der Waals surface area (Å²) in [6.45, 7) is 0. The van der Waals surface area contributed by atoms with E-state index in [1.165, 1.54) is 5.56 Å². The van der Waals surface area contributed by atoms with Gasteiger partial charge in [0.25, 0.3) is 0 Å². The van der Waals surface area contributed by atoms with Crippen molar-refractivity contribution in [2.24, 2.45) is 12.1 Å². The molecule has 104 valence electrons. The molecule has 0 fully saturated rings. The summed E-state index contributed by atoms with van der Waals surface area (Å²) >= 11 is 0. The molecule has 3 heterocycles. The van der Waals surface area contributed by atoms with Crippen LogP contribution in [0.15, 0.2) is 48.0 Å². The summed E-state index contributed by atoms with van der Waals surface area (Å²) < 4.78 is 1.84. The number of rotatable bonds is 2. The van der Waals surface area contributed by atoms with Crippen LogP contribution < -0.4 is 5.43 Å². The maximum Gasteiger partial charge on any atom is 0.0890 e. The minimum Gasteiger partial charge on any atom is -0.302 e. The molecule has 0 amide bonds. The van der Waals surface area contributed by atoms with Crippen molar-refractivity contribution in [3.8, 4) is 0 Å². The van der Waals surface area contributed by atoms with Crippen molar-refractivity contribution in [3.05, 3.63) is 54.1 Å². The Bertz CT molecular complexity index is 835. The second kappa shape index (κ2) is 4.66. The molecule has 0 saturated carbocycles. The zero-order chi connectivity index (χ0) is 14.2. The quantitative estimate of drug-likeness (QED) is 0.776. The van der Waals surface area contributed by atoms with Gasteiger partial charge in [-0.05, 0) is 23.8 Å². The Morgan fingerprint density at radius 2 is 1.95 bits per heavy atom. The predicted molar refractivity (Wildman–Crippen MR) is 79.8 cm³/mol. The van der Waals surface area contributed by atoms with Gasteiger partial charge in [-0.3, -0.25) is 14.6 Å². The van der Waals surface area contributed by atoms with Crippen molar-refractivity contribution in [1.82, 2.24) is 25.2 Å². The summed E-state index contributed by atoms with van der Waals surface area (Å²) in [4.78, 5) is 8.65. The lowest BCUT2D eigenvalue weighted by atomic mass is 10.0.